The molecule has 3 atom stereocenters. The summed E-state index contributed by atoms with van der Waals surface area (Å²) in [5.74, 6) is -2.83. The van der Waals surface area contributed by atoms with E-state index in [2.05, 4.69) is 16.5 Å². The van der Waals surface area contributed by atoms with Crippen molar-refractivity contribution >= 4 is 49.5 Å². The minimum Gasteiger partial charge on any atom is -0.462 e. The van der Waals surface area contributed by atoms with Gasteiger partial charge in [-0.2, -0.15) is 5.90 Å². The molecule has 0 aliphatic carbocycles. The average Bonchev–Trinajstić information content (AvgIpc) is 2.28. The van der Waals surface area contributed by atoms with Gasteiger partial charge in [0.05, 0.1) is 6.37 Å². The third-order valence-corrected chi connectivity index (χ3v) is 6.79. The highest BCUT2D eigenvalue weighted by Gasteiger charge is 2.36. The first-order valence-corrected chi connectivity index (χ1v) is 10.6. The summed E-state index contributed by atoms with van der Waals surface area (Å²) < 4.78 is 13.2. The van der Waals surface area contributed by atoms with Gasteiger partial charge in [0.25, 0.3) is 0 Å². The summed E-state index contributed by atoms with van der Waals surface area (Å²) in [6.45, 7) is 1.99. The molecule has 0 spiro atoms. The minimum atomic E-state index is -2.60. The Bertz CT molecular complexity index is 292. The van der Waals surface area contributed by atoms with E-state index >= 15 is 0 Å². The van der Waals surface area contributed by atoms with Gasteiger partial charge in [0.2, 0.25) is 0 Å². The molecule has 6 heteroatoms. The van der Waals surface area contributed by atoms with Crippen LogP contribution in [-0.4, -0.2) is 18.4 Å². The molecule has 2 unspecified atom stereocenters. The molecule has 2 nitrogen and oxygen atoms in total. The molecule has 0 saturated carbocycles. The smallest absolute Gasteiger partial charge is 0.318 e. The molecule has 0 N–H and O–H groups in total. The predicted octanol–water partition coefficient (Wildman–Crippen LogP) is 2.16. The van der Waals surface area contributed by atoms with Crippen LogP contribution in [0.4, 0.5) is 0 Å². The van der Waals surface area contributed by atoms with Crippen LogP contribution in [0.2, 0.25) is 0 Å². The Hall–Kier alpha value is 1.28. The highest BCUT2D eigenvalue weighted by molar-refractivity contribution is 14.2. The van der Waals surface area contributed by atoms with Gasteiger partial charge in [-0.05, 0) is 27.6 Å². The van der Waals surface area contributed by atoms with Gasteiger partial charge in [0.15, 0.2) is 0 Å². The van der Waals surface area contributed by atoms with Crippen LogP contribution >= 0.6 is 37.7 Å². The van der Waals surface area contributed by atoms with Crippen molar-refractivity contribution < 1.29 is 9.53 Å². The van der Waals surface area contributed by atoms with Crippen molar-refractivity contribution in [1.82, 2.24) is 0 Å². The van der Waals surface area contributed by atoms with Crippen LogP contribution in [-0.2, 0) is 15.4 Å². The molecule has 0 aromatic carbocycles. The number of carbonyl (C=O) groups is 1. The zero-order chi connectivity index (χ0) is 10.3. The van der Waals surface area contributed by atoms with E-state index in [1.165, 1.54) is 0 Å². The fourth-order valence-corrected chi connectivity index (χ4v) is 4.47. The van der Waals surface area contributed by atoms with Gasteiger partial charge in [-0.15, -0.1) is 0 Å². The highest BCUT2D eigenvalue weighted by atomic mass is 127. The van der Waals surface area contributed by atoms with E-state index in [0.29, 0.717) is 6.42 Å². The highest BCUT2D eigenvalue weighted by Crippen LogP contribution is 2.40. The number of rotatable bonds is 2. The molecule has 1 saturated heterocycles. The summed E-state index contributed by atoms with van der Waals surface area (Å²) in [6, 6.07) is 0. The Morgan fingerprint density at radius 2 is 2.67 bits per heavy atom. The number of hydrogen-bond acceptors (Lipinski definition) is 2. The van der Waals surface area contributed by atoms with Crippen LogP contribution in [0.1, 0.15) is 19.8 Å². The predicted molar refractivity (Wildman–Crippen MR) is 69.4 cm³/mol. The molecule has 72 valence electrons. The molecule has 0 radical (unpaired) electrons. The van der Waals surface area contributed by atoms with Crippen molar-refractivity contribution in [3.05, 3.63) is 0 Å². The normalized spacial score (nSPS) is 35.1. The van der Waals surface area contributed by atoms with Crippen LogP contribution in [0.25, 0.3) is 0 Å². The fourth-order valence-electron chi connectivity index (χ4n) is 1.15. The second kappa shape index (κ2) is 4.20. The first kappa shape index (κ1) is 9.82. The van der Waals surface area contributed by atoms with Gasteiger partial charge in [-0.1, -0.05) is 23.4 Å². The van der Waals surface area contributed by atoms with Crippen molar-refractivity contribution in [1.29, 1.82) is 1.12 Å². The Morgan fingerprint density at radius 3 is 2.92 bits per heavy atom. The Kier molecular flexibility index (Phi) is 3.44. The topological polar surface area (TPSA) is 26.3 Å². The van der Waals surface area contributed by atoms with Crippen LogP contribution < -0.4 is 0 Å². The van der Waals surface area contributed by atoms with Crippen molar-refractivity contribution in [2.24, 2.45) is 0 Å². The quantitative estimate of drug-likeness (QED) is 0.361. The Labute approximate surface area is 91.0 Å². The lowest BCUT2D eigenvalue weighted by atomic mass is 10.2. The number of halogens is 1. The first-order chi connectivity index (χ1) is 5.71. The van der Waals surface area contributed by atoms with E-state index < -0.39 is 5.90 Å². The fraction of sp³-hybridized carbons (Fsp3) is 0.833. The molecule has 1 heterocycles. The van der Waals surface area contributed by atoms with E-state index in [1.807, 2.05) is 28.1 Å². The second-order valence-electron chi connectivity index (χ2n) is 2.82. The van der Waals surface area contributed by atoms with Gasteiger partial charge in [-0.3, -0.25) is 4.79 Å². The second-order valence-corrected chi connectivity index (χ2v) is 20.1. The summed E-state index contributed by atoms with van der Waals surface area (Å²) in [5, 5.41) is -0.316. The maximum atomic E-state index is 11.4. The number of carbonyl (C=O) groups excluding carboxylic acids is 1. The van der Waals surface area contributed by atoms with Crippen molar-refractivity contribution in [2.75, 3.05) is 0 Å². The number of cyclic esters (lactones) is 1. The van der Waals surface area contributed by atoms with Gasteiger partial charge in [-0.25, -0.2) is 0 Å². The van der Waals surface area contributed by atoms with E-state index in [9.17, 15) is 4.79 Å². The SMILES string of the molecule is [3H]S(=P)(P)(I)C1C[C@@H](CC)OC1=O. The zero-order valence-corrected chi connectivity index (χ0v) is 11.9. The summed E-state index contributed by atoms with van der Waals surface area (Å²) in [7, 11) is 5.84. The lowest BCUT2D eigenvalue weighted by Crippen LogP contribution is -2.19. The third-order valence-electron chi connectivity index (χ3n) is 1.89. The monoisotopic (exact) mass is 340 g/mol. The number of esters is 1. The molecule has 0 aromatic heterocycles. The molecule has 0 amide bonds. The number of thiol groups is 1. The lowest BCUT2D eigenvalue weighted by Gasteiger charge is -2.18. The van der Waals surface area contributed by atoms with Gasteiger partial charge in [0.1, 0.15) is 6.10 Å². The maximum absolute atomic E-state index is 11.4. The molecule has 1 aliphatic heterocycles. The molecule has 12 heavy (non-hydrogen) atoms. The van der Waals surface area contributed by atoms with Gasteiger partial charge in [0, 0.05) is 6.42 Å². The van der Waals surface area contributed by atoms with E-state index in [4.69, 9.17) is 5.86 Å². The summed E-state index contributed by atoms with van der Waals surface area (Å²) in [6.07, 6.45) is 1.50. The molecule has 0 bridgehead atoms. The van der Waals surface area contributed by atoms with Crippen LogP contribution in [0.5, 0.6) is 0 Å². The third kappa shape index (κ3) is 2.63. The molecular formula is C6H13IO2P2S. The van der Waals surface area contributed by atoms with E-state index in [1.54, 1.807) is 0 Å². The maximum Gasteiger partial charge on any atom is 0.318 e. The summed E-state index contributed by atoms with van der Waals surface area (Å²) >= 11 is 2.01. The van der Waals surface area contributed by atoms with Crippen LogP contribution in [0.15, 0.2) is 0 Å². The Morgan fingerprint density at radius 1 is 2.08 bits per heavy atom. The van der Waals surface area contributed by atoms with Crippen molar-refractivity contribution in [3.63, 3.8) is 0 Å². The molecule has 1 aliphatic rings. The van der Waals surface area contributed by atoms with E-state index in [-0.39, 0.29) is 17.3 Å². The van der Waals surface area contributed by atoms with Crippen LogP contribution in [0.3, 0.4) is 0 Å². The molecule has 1 rings (SSSR count). The van der Waals surface area contributed by atoms with E-state index in [0.717, 1.165) is 6.42 Å². The minimum absolute atomic E-state index is 0.00464. The largest absolute Gasteiger partial charge is 0.462 e. The van der Waals surface area contributed by atoms with Crippen molar-refractivity contribution in [2.45, 2.75) is 31.1 Å². The molecule has 0 aromatic rings. The molecule has 1 fully saturated rings. The Balaban J connectivity index is 2.87. The van der Waals surface area contributed by atoms with Gasteiger partial charge >= 0.3 is 5.97 Å². The summed E-state index contributed by atoms with van der Waals surface area (Å²) in [4.78, 5) is 11.4. The molecular weight excluding hydrogens is 325 g/mol. The number of hydrogen-bond donors (Lipinski definition) is 1. The van der Waals surface area contributed by atoms with Crippen molar-refractivity contribution in [3.8, 4) is 0 Å². The lowest BCUT2D eigenvalue weighted by molar-refractivity contribution is -0.141. The summed E-state index contributed by atoms with van der Waals surface area (Å²) in [5.41, 5.74) is 0. The van der Waals surface area contributed by atoms with Crippen LogP contribution in [0, 0.1) is 0 Å². The zero-order valence-electron chi connectivity index (χ0n) is 7.75. The van der Waals surface area contributed by atoms with Gasteiger partial charge < -0.3 is 4.74 Å². The average molecular weight is 340 g/mol. The standard InChI is InChI=1S/C6H13IO2P2S/c1-2-4-3-5(6(8)9-4)12(7,10)11/h4-5,10,12H,2-3,11H2,1H3/t4-,5?/m1/s1/i12T. The number of ether oxygens (including phenoxy) is 1. The first-order valence-electron chi connectivity index (χ1n) is 4.10.